The standard InChI is InChI=1S/C18H30N4O3S/c1-15(16-8-4-3-5-9-16)22-18(19-2)20-11-13-26(23,24)21-14-17-10-6-7-12-25-17/h3-5,8-9,15,17,21H,6-7,10-14H2,1-2H3,(H2,19,20,22). The zero-order valence-electron chi connectivity index (χ0n) is 15.6. The van der Waals surface area contributed by atoms with Gasteiger partial charge in [0.15, 0.2) is 5.96 Å². The van der Waals surface area contributed by atoms with Crippen molar-refractivity contribution in [2.24, 2.45) is 4.99 Å². The zero-order valence-corrected chi connectivity index (χ0v) is 16.4. The smallest absolute Gasteiger partial charge is 0.213 e. The second kappa shape index (κ2) is 10.5. The molecule has 0 bridgehead atoms. The summed E-state index contributed by atoms with van der Waals surface area (Å²) in [5, 5.41) is 6.31. The van der Waals surface area contributed by atoms with Gasteiger partial charge in [0.25, 0.3) is 0 Å². The third kappa shape index (κ3) is 7.31. The van der Waals surface area contributed by atoms with Crippen LogP contribution in [0.2, 0.25) is 0 Å². The Hall–Kier alpha value is -1.64. The summed E-state index contributed by atoms with van der Waals surface area (Å²) in [4.78, 5) is 4.15. The molecule has 8 heteroatoms. The van der Waals surface area contributed by atoms with Gasteiger partial charge >= 0.3 is 0 Å². The highest BCUT2D eigenvalue weighted by Gasteiger charge is 2.17. The summed E-state index contributed by atoms with van der Waals surface area (Å²) in [6.45, 7) is 3.38. The molecule has 1 fully saturated rings. The Bertz CT molecular complexity index is 658. The van der Waals surface area contributed by atoms with Gasteiger partial charge in [-0.05, 0) is 31.7 Å². The number of sulfonamides is 1. The predicted molar refractivity (Wildman–Crippen MR) is 105 cm³/mol. The fourth-order valence-corrected chi connectivity index (χ4v) is 3.74. The number of nitrogens with zero attached hydrogens (tertiary/aromatic N) is 1. The number of rotatable bonds is 8. The van der Waals surface area contributed by atoms with Crippen LogP contribution in [0.1, 0.15) is 37.8 Å². The van der Waals surface area contributed by atoms with E-state index in [1.807, 2.05) is 37.3 Å². The van der Waals surface area contributed by atoms with Crippen molar-refractivity contribution in [1.29, 1.82) is 0 Å². The largest absolute Gasteiger partial charge is 0.377 e. The second-order valence-electron chi connectivity index (χ2n) is 6.43. The van der Waals surface area contributed by atoms with Crippen molar-refractivity contribution in [3.8, 4) is 0 Å². The number of hydrogen-bond donors (Lipinski definition) is 3. The van der Waals surface area contributed by atoms with Gasteiger partial charge in [0.2, 0.25) is 10.0 Å². The summed E-state index contributed by atoms with van der Waals surface area (Å²) in [5.41, 5.74) is 1.14. The van der Waals surface area contributed by atoms with Crippen molar-refractivity contribution in [1.82, 2.24) is 15.4 Å². The van der Waals surface area contributed by atoms with Gasteiger partial charge in [-0.2, -0.15) is 0 Å². The van der Waals surface area contributed by atoms with Crippen molar-refractivity contribution in [3.63, 3.8) is 0 Å². The van der Waals surface area contributed by atoms with Gasteiger partial charge in [-0.15, -0.1) is 0 Å². The normalized spacial score (nSPS) is 19.8. The van der Waals surface area contributed by atoms with E-state index in [2.05, 4.69) is 20.3 Å². The average Bonchev–Trinajstić information content (AvgIpc) is 2.67. The molecule has 1 aliphatic rings. The monoisotopic (exact) mass is 382 g/mol. The molecule has 0 spiro atoms. The molecule has 0 amide bonds. The predicted octanol–water partition coefficient (Wildman–Crippen LogP) is 1.40. The van der Waals surface area contributed by atoms with E-state index in [1.165, 1.54) is 0 Å². The van der Waals surface area contributed by atoms with Crippen molar-refractivity contribution in [2.75, 3.05) is 32.5 Å². The van der Waals surface area contributed by atoms with E-state index in [1.54, 1.807) is 7.05 Å². The third-order valence-corrected chi connectivity index (χ3v) is 5.69. The number of ether oxygens (including phenoxy) is 1. The molecule has 1 aromatic carbocycles. The number of nitrogens with one attached hydrogen (secondary N) is 3. The molecule has 0 radical (unpaired) electrons. The molecule has 146 valence electrons. The number of benzene rings is 1. The molecule has 0 aliphatic carbocycles. The van der Waals surface area contributed by atoms with Gasteiger partial charge in [0.05, 0.1) is 17.9 Å². The molecule has 7 nitrogen and oxygen atoms in total. The first-order valence-electron chi connectivity index (χ1n) is 9.11. The van der Waals surface area contributed by atoms with E-state index in [4.69, 9.17) is 4.74 Å². The molecule has 1 saturated heterocycles. The Kier molecular flexibility index (Phi) is 8.34. The molecule has 2 atom stereocenters. The minimum Gasteiger partial charge on any atom is -0.377 e. The summed E-state index contributed by atoms with van der Waals surface area (Å²) >= 11 is 0. The summed E-state index contributed by atoms with van der Waals surface area (Å²) in [5.74, 6) is 0.562. The maximum absolute atomic E-state index is 12.1. The molecule has 0 saturated carbocycles. The maximum atomic E-state index is 12.1. The van der Waals surface area contributed by atoms with Gasteiger partial charge in [0, 0.05) is 26.7 Å². The highest BCUT2D eigenvalue weighted by molar-refractivity contribution is 7.89. The maximum Gasteiger partial charge on any atom is 0.213 e. The van der Waals surface area contributed by atoms with Crippen molar-refractivity contribution < 1.29 is 13.2 Å². The molecule has 0 aromatic heterocycles. The first kappa shape index (κ1) is 20.7. The van der Waals surface area contributed by atoms with E-state index in [0.29, 0.717) is 12.5 Å². The fraction of sp³-hybridized carbons (Fsp3) is 0.611. The van der Waals surface area contributed by atoms with Crippen LogP contribution in [-0.2, 0) is 14.8 Å². The topological polar surface area (TPSA) is 91.8 Å². The van der Waals surface area contributed by atoms with Crippen LogP contribution in [0.3, 0.4) is 0 Å². The van der Waals surface area contributed by atoms with Crippen LogP contribution in [0.5, 0.6) is 0 Å². The van der Waals surface area contributed by atoms with Gasteiger partial charge in [-0.3, -0.25) is 4.99 Å². The molecule has 1 aromatic rings. The molecule has 2 rings (SSSR count). The summed E-state index contributed by atoms with van der Waals surface area (Å²) in [7, 11) is -1.67. The van der Waals surface area contributed by atoms with E-state index in [-0.39, 0.29) is 24.4 Å². The zero-order chi connectivity index (χ0) is 18.8. The molecular weight excluding hydrogens is 352 g/mol. The number of hydrogen-bond acceptors (Lipinski definition) is 4. The van der Waals surface area contributed by atoms with Crippen molar-refractivity contribution in [2.45, 2.75) is 38.3 Å². The Morgan fingerprint density at radius 1 is 1.31 bits per heavy atom. The molecule has 2 unspecified atom stereocenters. The van der Waals surface area contributed by atoms with E-state index >= 15 is 0 Å². The van der Waals surface area contributed by atoms with Crippen LogP contribution in [0.15, 0.2) is 35.3 Å². The Morgan fingerprint density at radius 3 is 2.73 bits per heavy atom. The van der Waals surface area contributed by atoms with Crippen LogP contribution in [0.25, 0.3) is 0 Å². The minimum atomic E-state index is -3.34. The Labute approximate surface area is 156 Å². The van der Waals surface area contributed by atoms with Crippen LogP contribution < -0.4 is 15.4 Å². The van der Waals surface area contributed by atoms with Crippen molar-refractivity contribution in [3.05, 3.63) is 35.9 Å². The van der Waals surface area contributed by atoms with Gasteiger partial charge in [-0.1, -0.05) is 30.3 Å². The second-order valence-corrected chi connectivity index (χ2v) is 8.36. The highest BCUT2D eigenvalue weighted by atomic mass is 32.2. The van der Waals surface area contributed by atoms with E-state index in [9.17, 15) is 8.42 Å². The quantitative estimate of drug-likeness (QED) is 0.467. The lowest BCUT2D eigenvalue weighted by molar-refractivity contribution is 0.0200. The fourth-order valence-electron chi connectivity index (χ4n) is 2.79. The number of aliphatic imine (C=N–C) groups is 1. The average molecular weight is 383 g/mol. The molecule has 3 N–H and O–H groups in total. The van der Waals surface area contributed by atoms with Gasteiger partial charge in [-0.25, -0.2) is 13.1 Å². The van der Waals surface area contributed by atoms with E-state index in [0.717, 1.165) is 31.4 Å². The number of guanidine groups is 1. The van der Waals surface area contributed by atoms with Gasteiger partial charge in [0.1, 0.15) is 0 Å². The van der Waals surface area contributed by atoms with Gasteiger partial charge < -0.3 is 15.4 Å². The summed E-state index contributed by atoms with van der Waals surface area (Å²) in [6, 6.07) is 10.1. The lowest BCUT2D eigenvalue weighted by Gasteiger charge is -2.22. The molecule has 1 aliphatic heterocycles. The van der Waals surface area contributed by atoms with Crippen LogP contribution in [-0.4, -0.2) is 53.0 Å². The lowest BCUT2D eigenvalue weighted by Crippen LogP contribution is -2.43. The summed E-state index contributed by atoms with van der Waals surface area (Å²) in [6.07, 6.45) is 3.05. The molecular formula is C18H30N4O3S. The summed E-state index contributed by atoms with van der Waals surface area (Å²) < 4.78 is 32.4. The Morgan fingerprint density at radius 2 is 2.08 bits per heavy atom. The molecule has 26 heavy (non-hydrogen) atoms. The minimum absolute atomic E-state index is 0.00682. The third-order valence-electron chi connectivity index (χ3n) is 4.34. The van der Waals surface area contributed by atoms with E-state index < -0.39 is 10.0 Å². The van der Waals surface area contributed by atoms with Crippen LogP contribution in [0.4, 0.5) is 0 Å². The van der Waals surface area contributed by atoms with Crippen LogP contribution >= 0.6 is 0 Å². The van der Waals surface area contributed by atoms with Crippen LogP contribution in [0, 0.1) is 0 Å². The first-order valence-corrected chi connectivity index (χ1v) is 10.8. The lowest BCUT2D eigenvalue weighted by atomic mass is 10.1. The Balaban J connectivity index is 1.72. The first-order chi connectivity index (χ1) is 12.5. The van der Waals surface area contributed by atoms with Crippen molar-refractivity contribution >= 4 is 16.0 Å². The SMILES string of the molecule is CN=C(NCCS(=O)(=O)NCC1CCCCO1)NC(C)c1ccccc1. The highest BCUT2D eigenvalue weighted by Crippen LogP contribution is 2.12. The molecule has 1 heterocycles.